The van der Waals surface area contributed by atoms with Gasteiger partial charge in [-0.25, -0.2) is 4.79 Å². The van der Waals surface area contributed by atoms with Gasteiger partial charge in [0.25, 0.3) is 5.91 Å². The van der Waals surface area contributed by atoms with E-state index in [1.807, 2.05) is 31.2 Å². The normalized spacial score (nSPS) is 10.5. The number of carbonyl (C=O) groups is 2. The highest BCUT2D eigenvalue weighted by Gasteiger charge is 2.07. The molecule has 2 rings (SSSR count). The van der Waals surface area contributed by atoms with Crippen LogP contribution in [-0.2, 0) is 20.7 Å². The number of benzene rings is 2. The minimum Gasteiger partial charge on any atom is -0.497 e. The van der Waals surface area contributed by atoms with Crippen molar-refractivity contribution in [1.82, 2.24) is 5.32 Å². The van der Waals surface area contributed by atoms with Gasteiger partial charge in [0, 0.05) is 24.3 Å². The summed E-state index contributed by atoms with van der Waals surface area (Å²) >= 11 is 0. The molecule has 0 aliphatic rings. The van der Waals surface area contributed by atoms with Gasteiger partial charge in [0.2, 0.25) is 0 Å². The van der Waals surface area contributed by atoms with Crippen LogP contribution in [0.3, 0.4) is 0 Å². The summed E-state index contributed by atoms with van der Waals surface area (Å²) in [6.07, 6.45) is 3.55. The molecule has 1 amide bonds. The maximum atomic E-state index is 11.8. The molecule has 0 atom stereocenters. The van der Waals surface area contributed by atoms with E-state index in [1.165, 1.54) is 24.3 Å². The highest BCUT2D eigenvalue weighted by atomic mass is 16.5. The Morgan fingerprint density at radius 1 is 1.07 bits per heavy atom. The summed E-state index contributed by atoms with van der Waals surface area (Å²) in [5, 5.41) is 2.74. The minimum atomic E-state index is -0.605. The molecule has 2 aromatic carbocycles. The molecule has 0 aromatic heterocycles. The van der Waals surface area contributed by atoms with E-state index in [9.17, 15) is 9.59 Å². The molecule has 6 heteroatoms. The molecule has 1 N–H and O–H groups in total. The third-order valence-corrected chi connectivity index (χ3v) is 4.16. The van der Waals surface area contributed by atoms with E-state index in [2.05, 4.69) is 5.32 Å². The second kappa shape index (κ2) is 10.8. The molecule has 2 aromatic rings. The van der Waals surface area contributed by atoms with E-state index < -0.39 is 5.97 Å². The zero-order valence-corrected chi connectivity index (χ0v) is 16.4. The third kappa shape index (κ3) is 6.46. The molecule has 0 spiro atoms. The summed E-state index contributed by atoms with van der Waals surface area (Å²) < 4.78 is 15.4. The first-order chi connectivity index (χ1) is 13.5. The van der Waals surface area contributed by atoms with Crippen LogP contribution < -0.4 is 14.8 Å². The van der Waals surface area contributed by atoms with Crippen molar-refractivity contribution >= 4 is 18.0 Å². The largest absolute Gasteiger partial charge is 0.497 e. The van der Waals surface area contributed by atoms with Crippen molar-refractivity contribution in [3.8, 4) is 11.5 Å². The number of aryl methyl sites for hydroxylation is 1. The molecule has 0 aliphatic carbocycles. The molecule has 0 saturated carbocycles. The number of methoxy groups -OCH3 is 2. The maximum absolute atomic E-state index is 11.8. The molecule has 0 heterocycles. The lowest BCUT2D eigenvalue weighted by molar-refractivity contribution is -0.143. The molecule has 0 saturated heterocycles. The molecule has 6 nitrogen and oxygen atoms in total. The van der Waals surface area contributed by atoms with Gasteiger partial charge in [0.15, 0.2) is 6.61 Å². The number of hydrogen-bond acceptors (Lipinski definition) is 5. The van der Waals surface area contributed by atoms with Crippen LogP contribution in [-0.4, -0.2) is 39.2 Å². The lowest BCUT2D eigenvalue weighted by Crippen LogP contribution is -2.30. The van der Waals surface area contributed by atoms with Gasteiger partial charge in [0.05, 0.1) is 14.2 Å². The Kier molecular flexibility index (Phi) is 8.09. The van der Waals surface area contributed by atoms with Crippen molar-refractivity contribution < 1.29 is 23.8 Å². The van der Waals surface area contributed by atoms with E-state index >= 15 is 0 Å². The standard InChI is InChI=1S/C22H25NO5/c1-16-6-4-5-7-17(16)12-13-23-21(24)15-28-22(25)11-9-18-8-10-19(26-2)14-20(18)27-3/h4-11,14H,12-13,15H2,1-3H3,(H,23,24)/b11-9+. The van der Waals surface area contributed by atoms with Crippen LogP contribution in [0.1, 0.15) is 16.7 Å². The van der Waals surface area contributed by atoms with Crippen molar-refractivity contribution in [3.05, 3.63) is 65.2 Å². The Morgan fingerprint density at radius 2 is 1.86 bits per heavy atom. The number of amides is 1. The Hall–Kier alpha value is -3.28. The smallest absolute Gasteiger partial charge is 0.331 e. The highest BCUT2D eigenvalue weighted by Crippen LogP contribution is 2.25. The fourth-order valence-corrected chi connectivity index (χ4v) is 2.58. The van der Waals surface area contributed by atoms with Crippen molar-refractivity contribution in [2.75, 3.05) is 27.4 Å². The topological polar surface area (TPSA) is 73.9 Å². The Morgan fingerprint density at radius 3 is 2.57 bits per heavy atom. The van der Waals surface area contributed by atoms with Crippen LogP contribution in [0.5, 0.6) is 11.5 Å². The van der Waals surface area contributed by atoms with Gasteiger partial charge in [0.1, 0.15) is 11.5 Å². The van der Waals surface area contributed by atoms with Crippen molar-refractivity contribution in [3.63, 3.8) is 0 Å². The molecular formula is C22H25NO5. The average molecular weight is 383 g/mol. The molecule has 0 bridgehead atoms. The Balaban J connectivity index is 1.76. The van der Waals surface area contributed by atoms with Crippen LogP contribution in [0.15, 0.2) is 48.5 Å². The number of carbonyl (C=O) groups excluding carboxylic acids is 2. The van der Waals surface area contributed by atoms with Gasteiger partial charge in [-0.05, 0) is 42.7 Å². The zero-order chi connectivity index (χ0) is 20.4. The van der Waals surface area contributed by atoms with Crippen molar-refractivity contribution in [1.29, 1.82) is 0 Å². The van der Waals surface area contributed by atoms with E-state index in [0.717, 1.165) is 6.42 Å². The fraction of sp³-hybridized carbons (Fsp3) is 0.273. The predicted octanol–water partition coefficient (Wildman–Crippen LogP) is 2.93. The quantitative estimate of drug-likeness (QED) is 0.532. The molecule has 148 valence electrons. The average Bonchev–Trinajstić information content (AvgIpc) is 2.72. The number of esters is 1. The van der Waals surface area contributed by atoms with E-state index in [-0.39, 0.29) is 12.5 Å². The highest BCUT2D eigenvalue weighted by molar-refractivity contribution is 5.89. The number of rotatable bonds is 9. The molecular weight excluding hydrogens is 358 g/mol. The summed E-state index contributed by atoms with van der Waals surface area (Å²) in [4.78, 5) is 23.7. The lowest BCUT2D eigenvalue weighted by atomic mass is 10.1. The first-order valence-corrected chi connectivity index (χ1v) is 8.91. The van der Waals surface area contributed by atoms with Gasteiger partial charge in [-0.2, -0.15) is 0 Å². The van der Waals surface area contributed by atoms with Gasteiger partial charge in [-0.15, -0.1) is 0 Å². The predicted molar refractivity (Wildman–Crippen MR) is 107 cm³/mol. The Labute approximate surface area is 165 Å². The van der Waals surface area contributed by atoms with Crippen molar-refractivity contribution in [2.24, 2.45) is 0 Å². The first kappa shape index (κ1) is 21.0. The van der Waals surface area contributed by atoms with Crippen LogP contribution in [0.25, 0.3) is 6.08 Å². The number of ether oxygens (including phenoxy) is 3. The van der Waals surface area contributed by atoms with Gasteiger partial charge in [-0.3, -0.25) is 4.79 Å². The van der Waals surface area contributed by atoms with Crippen molar-refractivity contribution in [2.45, 2.75) is 13.3 Å². The van der Waals surface area contributed by atoms with Crippen LogP contribution in [0, 0.1) is 6.92 Å². The zero-order valence-electron chi connectivity index (χ0n) is 16.4. The lowest BCUT2D eigenvalue weighted by Gasteiger charge is -2.08. The van der Waals surface area contributed by atoms with E-state index in [1.54, 1.807) is 31.4 Å². The summed E-state index contributed by atoms with van der Waals surface area (Å²) in [6.45, 7) is 2.19. The molecule has 0 unspecified atom stereocenters. The van der Waals surface area contributed by atoms with E-state index in [4.69, 9.17) is 14.2 Å². The fourth-order valence-electron chi connectivity index (χ4n) is 2.58. The SMILES string of the molecule is COc1ccc(/C=C/C(=O)OCC(=O)NCCc2ccccc2C)c(OC)c1. The molecule has 0 fully saturated rings. The maximum Gasteiger partial charge on any atom is 0.331 e. The second-order valence-electron chi connectivity index (χ2n) is 6.08. The van der Waals surface area contributed by atoms with E-state index in [0.29, 0.717) is 23.6 Å². The van der Waals surface area contributed by atoms with Crippen LogP contribution in [0.4, 0.5) is 0 Å². The second-order valence-corrected chi connectivity index (χ2v) is 6.08. The Bertz CT molecular complexity index is 845. The van der Waals surface area contributed by atoms with Gasteiger partial charge in [-0.1, -0.05) is 24.3 Å². The summed E-state index contributed by atoms with van der Waals surface area (Å²) in [5.41, 5.74) is 3.06. The minimum absolute atomic E-state index is 0.323. The van der Waals surface area contributed by atoms with Crippen LogP contribution >= 0.6 is 0 Å². The van der Waals surface area contributed by atoms with Gasteiger partial charge >= 0.3 is 5.97 Å². The number of hydrogen-bond donors (Lipinski definition) is 1. The summed E-state index contributed by atoms with van der Waals surface area (Å²) in [7, 11) is 3.10. The van der Waals surface area contributed by atoms with Gasteiger partial charge < -0.3 is 19.5 Å². The van der Waals surface area contributed by atoms with Crippen LogP contribution in [0.2, 0.25) is 0 Å². The monoisotopic (exact) mass is 383 g/mol. The summed E-state index contributed by atoms with van der Waals surface area (Å²) in [6, 6.07) is 13.2. The molecule has 0 radical (unpaired) electrons. The first-order valence-electron chi connectivity index (χ1n) is 8.91. The number of nitrogens with one attached hydrogen (secondary N) is 1. The molecule has 0 aliphatic heterocycles. The third-order valence-electron chi connectivity index (χ3n) is 4.16. The summed E-state index contributed by atoms with van der Waals surface area (Å²) in [5.74, 6) is 0.278. The molecule has 28 heavy (non-hydrogen) atoms.